The fourth-order valence-electron chi connectivity index (χ4n) is 2.79. The van der Waals surface area contributed by atoms with Crippen LogP contribution >= 0.6 is 0 Å². The number of ether oxygens (including phenoxy) is 1. The number of aromatic nitrogens is 2. The lowest BCUT2D eigenvalue weighted by Crippen LogP contribution is -2.09. The molecule has 0 unspecified atom stereocenters. The smallest absolute Gasteiger partial charge is 0.224 e. The molecule has 0 saturated heterocycles. The van der Waals surface area contributed by atoms with E-state index in [1.54, 1.807) is 20.1 Å². The molecule has 0 fully saturated rings. The van der Waals surface area contributed by atoms with Gasteiger partial charge in [-0.2, -0.15) is 4.98 Å². The number of hydrogen-bond acceptors (Lipinski definition) is 6. The summed E-state index contributed by atoms with van der Waals surface area (Å²) in [6, 6.07) is 17.2. The number of carbonyl (C=O) groups is 1. The molecule has 1 heterocycles. The molecule has 6 heteroatoms. The lowest BCUT2D eigenvalue weighted by molar-refractivity contribution is 0.101. The van der Waals surface area contributed by atoms with Crippen molar-refractivity contribution in [3.63, 3.8) is 0 Å². The van der Waals surface area contributed by atoms with Crippen molar-refractivity contribution in [3.05, 3.63) is 71.4 Å². The number of hydrogen-bond donors (Lipinski definition) is 2. The van der Waals surface area contributed by atoms with Crippen molar-refractivity contribution in [2.24, 2.45) is 0 Å². The molecule has 0 radical (unpaired) electrons. The predicted molar refractivity (Wildman–Crippen MR) is 112 cm³/mol. The molecule has 0 bridgehead atoms. The zero-order valence-corrected chi connectivity index (χ0v) is 16.3. The maximum Gasteiger partial charge on any atom is 0.224 e. The van der Waals surface area contributed by atoms with Gasteiger partial charge >= 0.3 is 0 Å². The number of nitrogens with zero attached hydrogens (tertiary/aromatic N) is 2. The molecular formula is C22H24N4O2. The third-order valence-electron chi connectivity index (χ3n) is 4.25. The van der Waals surface area contributed by atoms with Gasteiger partial charge in [-0.3, -0.25) is 4.79 Å². The first-order valence-corrected chi connectivity index (χ1v) is 9.14. The van der Waals surface area contributed by atoms with Gasteiger partial charge in [0.15, 0.2) is 5.78 Å². The highest BCUT2D eigenvalue weighted by molar-refractivity contribution is 5.95. The molecule has 0 aliphatic carbocycles. The minimum atomic E-state index is 0.0309. The van der Waals surface area contributed by atoms with Crippen molar-refractivity contribution in [2.45, 2.75) is 20.3 Å². The van der Waals surface area contributed by atoms with E-state index in [4.69, 9.17) is 4.74 Å². The van der Waals surface area contributed by atoms with E-state index in [0.29, 0.717) is 17.3 Å². The van der Waals surface area contributed by atoms with E-state index in [1.165, 1.54) is 5.56 Å². The van der Waals surface area contributed by atoms with Crippen molar-refractivity contribution in [1.82, 2.24) is 9.97 Å². The zero-order chi connectivity index (χ0) is 19.9. The number of carbonyl (C=O) groups excluding carboxylic acids is 1. The van der Waals surface area contributed by atoms with E-state index in [1.807, 2.05) is 55.5 Å². The molecule has 0 saturated carbocycles. The van der Waals surface area contributed by atoms with Gasteiger partial charge in [0.25, 0.3) is 0 Å². The monoisotopic (exact) mass is 376 g/mol. The molecule has 6 nitrogen and oxygen atoms in total. The highest BCUT2D eigenvalue weighted by Gasteiger charge is 2.05. The summed E-state index contributed by atoms with van der Waals surface area (Å²) in [5.41, 5.74) is 3.54. The molecule has 0 spiro atoms. The van der Waals surface area contributed by atoms with E-state index < -0.39 is 0 Å². The molecule has 0 aliphatic heterocycles. The van der Waals surface area contributed by atoms with Gasteiger partial charge in [-0.25, -0.2) is 4.98 Å². The maximum absolute atomic E-state index is 11.6. The topological polar surface area (TPSA) is 76.1 Å². The Morgan fingerprint density at radius 2 is 1.86 bits per heavy atom. The van der Waals surface area contributed by atoms with Crippen molar-refractivity contribution < 1.29 is 9.53 Å². The van der Waals surface area contributed by atoms with Gasteiger partial charge in [-0.05, 0) is 50.1 Å². The van der Waals surface area contributed by atoms with Crippen LogP contribution in [-0.4, -0.2) is 29.4 Å². The molecule has 2 aromatic carbocycles. The van der Waals surface area contributed by atoms with Gasteiger partial charge in [0.05, 0.1) is 7.11 Å². The SMILES string of the molecule is COc1ccc(CCNc2nc(C)cc(Nc3cccc(C(C)=O)c3)n2)cc1. The second-order valence-corrected chi connectivity index (χ2v) is 6.51. The number of anilines is 3. The molecule has 0 amide bonds. The Hall–Kier alpha value is -3.41. The second-order valence-electron chi connectivity index (χ2n) is 6.51. The van der Waals surface area contributed by atoms with Crippen LogP contribution in [0, 0.1) is 6.92 Å². The van der Waals surface area contributed by atoms with Gasteiger partial charge < -0.3 is 15.4 Å². The summed E-state index contributed by atoms with van der Waals surface area (Å²) in [6.45, 7) is 4.20. The van der Waals surface area contributed by atoms with Crippen LogP contribution in [0.15, 0.2) is 54.6 Å². The zero-order valence-electron chi connectivity index (χ0n) is 16.3. The van der Waals surface area contributed by atoms with Crippen molar-refractivity contribution in [3.8, 4) is 5.75 Å². The van der Waals surface area contributed by atoms with E-state index in [0.717, 1.165) is 30.1 Å². The Kier molecular flexibility index (Phi) is 6.22. The van der Waals surface area contributed by atoms with Gasteiger partial charge in [0, 0.05) is 29.6 Å². The van der Waals surface area contributed by atoms with Crippen molar-refractivity contribution in [1.29, 1.82) is 0 Å². The van der Waals surface area contributed by atoms with Crippen LogP contribution in [-0.2, 0) is 6.42 Å². The summed E-state index contributed by atoms with van der Waals surface area (Å²) in [7, 11) is 1.66. The second kappa shape index (κ2) is 8.99. The fraction of sp³-hybridized carbons (Fsp3) is 0.227. The third kappa shape index (κ3) is 5.30. The summed E-state index contributed by atoms with van der Waals surface area (Å²) in [6.07, 6.45) is 0.852. The average molecular weight is 376 g/mol. The van der Waals surface area contributed by atoms with E-state index >= 15 is 0 Å². The summed E-state index contributed by atoms with van der Waals surface area (Å²) >= 11 is 0. The third-order valence-corrected chi connectivity index (χ3v) is 4.25. The van der Waals surface area contributed by atoms with Gasteiger partial charge in [-0.15, -0.1) is 0 Å². The van der Waals surface area contributed by atoms with E-state index in [-0.39, 0.29) is 5.78 Å². The molecule has 28 heavy (non-hydrogen) atoms. The largest absolute Gasteiger partial charge is 0.497 e. The Balaban J connectivity index is 1.64. The Morgan fingerprint density at radius 3 is 2.57 bits per heavy atom. The highest BCUT2D eigenvalue weighted by Crippen LogP contribution is 2.18. The normalized spacial score (nSPS) is 10.4. The lowest BCUT2D eigenvalue weighted by Gasteiger charge is -2.11. The first kappa shape index (κ1) is 19.4. The number of nitrogens with one attached hydrogen (secondary N) is 2. The predicted octanol–water partition coefficient (Wildman–Crippen LogP) is 4.39. The highest BCUT2D eigenvalue weighted by atomic mass is 16.5. The molecule has 1 aromatic heterocycles. The van der Waals surface area contributed by atoms with Gasteiger partial charge in [0.1, 0.15) is 11.6 Å². The Bertz CT molecular complexity index is 955. The lowest BCUT2D eigenvalue weighted by atomic mass is 10.1. The molecule has 2 N–H and O–H groups in total. The fourth-order valence-corrected chi connectivity index (χ4v) is 2.79. The van der Waals surface area contributed by atoms with Crippen LogP contribution in [0.1, 0.15) is 28.5 Å². The number of methoxy groups -OCH3 is 1. The number of aryl methyl sites for hydroxylation is 1. The number of benzene rings is 2. The summed E-state index contributed by atoms with van der Waals surface area (Å²) in [5, 5.41) is 6.51. The molecule has 0 atom stereocenters. The molecule has 0 aliphatic rings. The number of ketones is 1. The number of rotatable bonds is 8. The van der Waals surface area contributed by atoms with Crippen LogP contribution in [0.5, 0.6) is 5.75 Å². The van der Waals surface area contributed by atoms with Crippen LogP contribution in [0.2, 0.25) is 0 Å². The molecular weight excluding hydrogens is 352 g/mol. The summed E-state index contributed by atoms with van der Waals surface area (Å²) < 4.78 is 5.18. The summed E-state index contributed by atoms with van der Waals surface area (Å²) in [4.78, 5) is 20.5. The Labute approximate surface area is 165 Å². The van der Waals surface area contributed by atoms with Crippen LogP contribution < -0.4 is 15.4 Å². The quantitative estimate of drug-likeness (QED) is 0.568. The van der Waals surface area contributed by atoms with E-state index in [9.17, 15) is 4.79 Å². The Morgan fingerprint density at radius 1 is 1.07 bits per heavy atom. The minimum absolute atomic E-state index is 0.0309. The average Bonchev–Trinajstić information content (AvgIpc) is 2.68. The van der Waals surface area contributed by atoms with Crippen LogP contribution in [0.4, 0.5) is 17.5 Å². The summed E-state index contributed by atoms with van der Waals surface area (Å²) in [5.74, 6) is 2.13. The molecule has 144 valence electrons. The minimum Gasteiger partial charge on any atom is -0.497 e. The van der Waals surface area contributed by atoms with Crippen LogP contribution in [0.25, 0.3) is 0 Å². The van der Waals surface area contributed by atoms with Crippen molar-refractivity contribution >= 4 is 23.2 Å². The first-order chi connectivity index (χ1) is 13.5. The van der Waals surface area contributed by atoms with Gasteiger partial charge in [-0.1, -0.05) is 24.3 Å². The molecule has 3 aromatic rings. The van der Waals surface area contributed by atoms with Gasteiger partial charge in [0.2, 0.25) is 5.95 Å². The van der Waals surface area contributed by atoms with E-state index in [2.05, 4.69) is 20.6 Å². The first-order valence-electron chi connectivity index (χ1n) is 9.14. The standard InChI is InChI=1S/C22H24N4O2/c1-15-13-21(25-19-6-4-5-18(14-19)16(2)27)26-22(24-15)23-12-11-17-7-9-20(28-3)10-8-17/h4-10,13-14H,11-12H2,1-3H3,(H2,23,24,25,26). The van der Waals surface area contributed by atoms with Crippen molar-refractivity contribution in [2.75, 3.05) is 24.3 Å². The molecule has 3 rings (SSSR count). The number of Topliss-reactive ketones (excluding diaryl/α,β-unsaturated/α-hetero) is 1. The maximum atomic E-state index is 11.6. The van der Waals surface area contributed by atoms with Crippen LogP contribution in [0.3, 0.4) is 0 Å².